The average Bonchev–Trinajstić information content (AvgIpc) is 3.13. The third-order valence-electron chi connectivity index (χ3n) is 5.46. The number of hydrogen-bond acceptors (Lipinski definition) is 7. The third kappa shape index (κ3) is 4.71. The molecule has 1 aliphatic carbocycles. The fourth-order valence-corrected chi connectivity index (χ4v) is 3.85. The smallest absolute Gasteiger partial charge is 0.410 e. The molecule has 0 saturated carbocycles. The molecule has 1 atom stereocenters. The number of aliphatic hydroxyl groups excluding tert-OH is 1. The maximum absolute atomic E-state index is 13.0. The van der Waals surface area contributed by atoms with E-state index in [-0.39, 0.29) is 19.1 Å². The van der Waals surface area contributed by atoms with Crippen molar-refractivity contribution in [2.75, 3.05) is 41.1 Å². The molecule has 2 aromatic carbocycles. The summed E-state index contributed by atoms with van der Waals surface area (Å²) in [6, 6.07) is 14.7. The van der Waals surface area contributed by atoms with Gasteiger partial charge in [-0.05, 0) is 22.3 Å². The standard InChI is InChI=1S/C23H27NO7/c1-28-21(29-2)12-24(20(13-25)22(26)30-3)23(27)31-14-19-17-10-6-4-8-15(17)16-9-5-7-11-18(16)19/h4-11,19-21,25H,12-14H2,1-3H3/t20-/m0/s1. The number of amides is 1. The molecular weight excluding hydrogens is 402 g/mol. The SMILES string of the molecule is COC(=O)[C@H](CO)N(CC(OC)OC)C(=O)OCC1c2ccccc2-c2ccccc21. The minimum atomic E-state index is -1.24. The number of carbonyl (C=O) groups excluding carboxylic acids is 2. The van der Waals surface area contributed by atoms with E-state index in [1.165, 1.54) is 21.3 Å². The van der Waals surface area contributed by atoms with E-state index in [1.807, 2.05) is 48.5 Å². The maximum atomic E-state index is 13.0. The molecule has 0 spiro atoms. The van der Waals surface area contributed by atoms with Crippen molar-refractivity contribution in [2.24, 2.45) is 0 Å². The second-order valence-corrected chi connectivity index (χ2v) is 7.08. The number of ether oxygens (including phenoxy) is 4. The Labute approximate surface area is 181 Å². The molecule has 1 N–H and O–H groups in total. The summed E-state index contributed by atoms with van der Waals surface area (Å²) in [5.74, 6) is -0.897. The Morgan fingerprint density at radius 3 is 2.00 bits per heavy atom. The van der Waals surface area contributed by atoms with Crippen LogP contribution in [0.1, 0.15) is 17.0 Å². The lowest BCUT2D eigenvalue weighted by Gasteiger charge is -2.30. The van der Waals surface area contributed by atoms with Crippen LogP contribution in [-0.2, 0) is 23.7 Å². The van der Waals surface area contributed by atoms with Gasteiger partial charge in [-0.1, -0.05) is 48.5 Å². The molecule has 1 amide bonds. The number of esters is 1. The summed E-state index contributed by atoms with van der Waals surface area (Å²) in [6.07, 6.45) is -1.58. The van der Waals surface area contributed by atoms with E-state index in [9.17, 15) is 14.7 Å². The zero-order valence-corrected chi connectivity index (χ0v) is 17.8. The van der Waals surface area contributed by atoms with E-state index in [2.05, 4.69) is 0 Å². The van der Waals surface area contributed by atoms with Gasteiger partial charge in [0, 0.05) is 20.1 Å². The van der Waals surface area contributed by atoms with Gasteiger partial charge in [0.2, 0.25) is 0 Å². The highest BCUT2D eigenvalue weighted by Gasteiger charge is 2.35. The van der Waals surface area contributed by atoms with Crippen molar-refractivity contribution in [3.63, 3.8) is 0 Å². The molecule has 0 fully saturated rings. The largest absolute Gasteiger partial charge is 0.467 e. The van der Waals surface area contributed by atoms with Crippen LogP contribution in [0.5, 0.6) is 0 Å². The van der Waals surface area contributed by atoms with Crippen LogP contribution in [0.4, 0.5) is 4.79 Å². The average molecular weight is 429 g/mol. The Balaban J connectivity index is 1.81. The summed E-state index contributed by atoms with van der Waals surface area (Å²) in [4.78, 5) is 26.2. The van der Waals surface area contributed by atoms with E-state index in [0.717, 1.165) is 27.2 Å². The lowest BCUT2D eigenvalue weighted by molar-refractivity contribution is -0.153. The predicted molar refractivity (Wildman–Crippen MR) is 112 cm³/mol. The molecule has 0 bridgehead atoms. The Bertz CT molecular complexity index is 867. The second kappa shape index (κ2) is 10.4. The van der Waals surface area contributed by atoms with Crippen LogP contribution in [0.15, 0.2) is 48.5 Å². The van der Waals surface area contributed by atoms with Crippen molar-refractivity contribution in [2.45, 2.75) is 18.2 Å². The van der Waals surface area contributed by atoms with Crippen molar-refractivity contribution < 1.29 is 33.6 Å². The molecule has 0 saturated heterocycles. The molecule has 1 aliphatic rings. The first-order valence-corrected chi connectivity index (χ1v) is 9.91. The highest BCUT2D eigenvalue weighted by atomic mass is 16.7. The quantitative estimate of drug-likeness (QED) is 0.483. The highest BCUT2D eigenvalue weighted by molar-refractivity contribution is 5.82. The van der Waals surface area contributed by atoms with Crippen LogP contribution in [0.3, 0.4) is 0 Å². The number of benzene rings is 2. The van der Waals surface area contributed by atoms with Crippen molar-refractivity contribution in [1.29, 1.82) is 0 Å². The Kier molecular flexibility index (Phi) is 7.62. The second-order valence-electron chi connectivity index (χ2n) is 7.08. The fraction of sp³-hybridized carbons (Fsp3) is 0.391. The lowest BCUT2D eigenvalue weighted by Crippen LogP contribution is -2.51. The molecule has 0 radical (unpaired) electrons. The molecule has 2 aromatic rings. The van der Waals surface area contributed by atoms with Crippen LogP contribution in [0, 0.1) is 0 Å². The summed E-state index contributed by atoms with van der Waals surface area (Å²) >= 11 is 0. The molecule has 3 rings (SSSR count). The topological polar surface area (TPSA) is 94.5 Å². The minimum absolute atomic E-state index is 0.0767. The van der Waals surface area contributed by atoms with Crippen LogP contribution < -0.4 is 0 Å². The highest BCUT2D eigenvalue weighted by Crippen LogP contribution is 2.44. The number of methoxy groups -OCH3 is 3. The first kappa shape index (κ1) is 22.7. The molecule has 0 heterocycles. The van der Waals surface area contributed by atoms with E-state index in [4.69, 9.17) is 18.9 Å². The van der Waals surface area contributed by atoms with Gasteiger partial charge in [-0.3, -0.25) is 4.90 Å². The number of carbonyl (C=O) groups is 2. The first-order valence-electron chi connectivity index (χ1n) is 9.91. The van der Waals surface area contributed by atoms with Gasteiger partial charge in [0.05, 0.1) is 20.3 Å². The zero-order valence-electron chi connectivity index (χ0n) is 17.8. The normalized spacial score (nSPS) is 13.5. The number of fused-ring (bicyclic) bond motifs is 3. The first-order chi connectivity index (χ1) is 15.0. The van der Waals surface area contributed by atoms with E-state index >= 15 is 0 Å². The summed E-state index contributed by atoms with van der Waals surface area (Å²) in [6.45, 7) is -0.672. The van der Waals surface area contributed by atoms with E-state index < -0.39 is 31.0 Å². The van der Waals surface area contributed by atoms with Gasteiger partial charge in [0.25, 0.3) is 0 Å². The van der Waals surface area contributed by atoms with Crippen LogP contribution in [0.25, 0.3) is 11.1 Å². The van der Waals surface area contributed by atoms with Crippen LogP contribution in [0.2, 0.25) is 0 Å². The van der Waals surface area contributed by atoms with Crippen molar-refractivity contribution in [3.05, 3.63) is 59.7 Å². The van der Waals surface area contributed by atoms with Gasteiger partial charge in [-0.25, -0.2) is 9.59 Å². The van der Waals surface area contributed by atoms with E-state index in [1.54, 1.807) is 0 Å². The van der Waals surface area contributed by atoms with Gasteiger partial charge in [-0.2, -0.15) is 0 Å². The predicted octanol–water partition coefficient (Wildman–Crippen LogP) is 2.39. The maximum Gasteiger partial charge on any atom is 0.410 e. The Hall–Kier alpha value is -2.94. The zero-order chi connectivity index (χ0) is 22.4. The summed E-state index contributed by atoms with van der Waals surface area (Å²) < 4.78 is 20.7. The minimum Gasteiger partial charge on any atom is -0.467 e. The van der Waals surface area contributed by atoms with Crippen molar-refractivity contribution >= 4 is 12.1 Å². The molecule has 8 nitrogen and oxygen atoms in total. The number of hydrogen-bond donors (Lipinski definition) is 1. The molecule has 166 valence electrons. The lowest BCUT2D eigenvalue weighted by atomic mass is 9.98. The molecular formula is C23H27NO7. The van der Waals surface area contributed by atoms with Crippen molar-refractivity contribution in [1.82, 2.24) is 4.90 Å². The van der Waals surface area contributed by atoms with Crippen molar-refractivity contribution in [3.8, 4) is 11.1 Å². The Morgan fingerprint density at radius 1 is 0.968 bits per heavy atom. The molecule has 31 heavy (non-hydrogen) atoms. The van der Waals surface area contributed by atoms with Crippen LogP contribution in [-0.4, -0.2) is 75.5 Å². The third-order valence-corrected chi connectivity index (χ3v) is 5.46. The molecule has 0 aliphatic heterocycles. The van der Waals surface area contributed by atoms with Gasteiger partial charge in [0.1, 0.15) is 6.61 Å². The molecule has 0 unspecified atom stereocenters. The van der Waals surface area contributed by atoms with E-state index in [0.29, 0.717) is 0 Å². The molecule has 8 heteroatoms. The number of nitrogens with zero attached hydrogens (tertiary/aromatic N) is 1. The monoisotopic (exact) mass is 429 g/mol. The van der Waals surface area contributed by atoms with Crippen LogP contribution >= 0.6 is 0 Å². The number of aliphatic hydroxyl groups is 1. The van der Waals surface area contributed by atoms with Gasteiger partial charge in [-0.15, -0.1) is 0 Å². The van der Waals surface area contributed by atoms with Gasteiger partial charge >= 0.3 is 12.1 Å². The Morgan fingerprint density at radius 2 is 1.52 bits per heavy atom. The molecule has 0 aromatic heterocycles. The fourth-order valence-electron chi connectivity index (χ4n) is 3.85. The van der Waals surface area contributed by atoms with Gasteiger partial charge < -0.3 is 24.1 Å². The summed E-state index contributed by atoms with van der Waals surface area (Å²) in [5.41, 5.74) is 4.36. The van der Waals surface area contributed by atoms with Gasteiger partial charge in [0.15, 0.2) is 12.3 Å². The summed E-state index contributed by atoms with van der Waals surface area (Å²) in [5, 5.41) is 9.71. The summed E-state index contributed by atoms with van der Waals surface area (Å²) in [7, 11) is 4.01. The number of rotatable bonds is 9.